The molecule has 0 saturated carbocycles. The van der Waals surface area contributed by atoms with E-state index in [2.05, 4.69) is 17.9 Å². The van der Waals surface area contributed by atoms with Crippen LogP contribution in [0.3, 0.4) is 0 Å². The third kappa shape index (κ3) is 3.93. The molecule has 0 radical (unpaired) electrons. The third-order valence-corrected chi connectivity index (χ3v) is 3.71. The molecule has 0 bridgehead atoms. The fraction of sp³-hybridized carbons (Fsp3) is 0.600. The molecule has 1 aromatic carbocycles. The number of nitrogens with two attached hydrogens (primary N) is 1. The van der Waals surface area contributed by atoms with E-state index in [0.717, 1.165) is 17.7 Å². The molecule has 1 aromatic rings. The maximum atomic E-state index is 9.35. The van der Waals surface area contributed by atoms with Crippen molar-refractivity contribution in [1.29, 1.82) is 0 Å². The molecule has 1 rings (SSSR count). The third-order valence-electron chi connectivity index (χ3n) is 3.71. The zero-order valence-electron chi connectivity index (χ0n) is 12.3. The lowest BCUT2D eigenvalue weighted by Gasteiger charge is -2.36. The number of aliphatic hydroxyl groups excluding tert-OH is 1. The molecule has 3 unspecified atom stereocenters. The van der Waals surface area contributed by atoms with E-state index in [-0.39, 0.29) is 24.7 Å². The van der Waals surface area contributed by atoms with E-state index in [0.29, 0.717) is 0 Å². The maximum Gasteiger partial charge on any atom is 0.119 e. The lowest BCUT2D eigenvalue weighted by molar-refractivity contribution is 0.105. The Morgan fingerprint density at radius 3 is 2.63 bits per heavy atom. The van der Waals surface area contributed by atoms with E-state index in [9.17, 15) is 5.11 Å². The highest BCUT2D eigenvalue weighted by Gasteiger charge is 2.26. The minimum absolute atomic E-state index is 0.0195. The number of methoxy groups -OCH3 is 1. The van der Waals surface area contributed by atoms with Crippen molar-refractivity contribution in [3.8, 4) is 5.75 Å². The Balaban J connectivity index is 3.08. The predicted molar refractivity (Wildman–Crippen MR) is 78.3 cm³/mol. The van der Waals surface area contributed by atoms with Crippen molar-refractivity contribution in [3.05, 3.63) is 29.8 Å². The zero-order chi connectivity index (χ0) is 14.4. The number of benzene rings is 1. The van der Waals surface area contributed by atoms with Gasteiger partial charge in [0.2, 0.25) is 0 Å². The number of rotatable bonds is 7. The van der Waals surface area contributed by atoms with Crippen LogP contribution < -0.4 is 10.5 Å². The van der Waals surface area contributed by atoms with Gasteiger partial charge >= 0.3 is 0 Å². The van der Waals surface area contributed by atoms with Gasteiger partial charge in [0.05, 0.1) is 19.8 Å². The van der Waals surface area contributed by atoms with Gasteiger partial charge < -0.3 is 15.6 Å². The van der Waals surface area contributed by atoms with E-state index >= 15 is 0 Å². The fourth-order valence-electron chi connectivity index (χ4n) is 2.24. The van der Waals surface area contributed by atoms with Crippen LogP contribution in [0.5, 0.6) is 5.75 Å². The number of likely N-dealkylation sites (N-methyl/N-ethyl adjacent to an activating group) is 1. The molecule has 0 saturated heterocycles. The standard InChI is InChI=1S/C15H26N2O2/c1-5-14(16)15(17(3)11(2)10-18)12-7-6-8-13(9-12)19-4/h6-9,11,14-15,18H,5,10,16H2,1-4H3. The van der Waals surface area contributed by atoms with Crippen LogP contribution in [0.4, 0.5) is 0 Å². The average molecular weight is 266 g/mol. The second kappa shape index (κ2) is 7.48. The van der Waals surface area contributed by atoms with Gasteiger partial charge in [-0.3, -0.25) is 4.90 Å². The summed E-state index contributed by atoms with van der Waals surface area (Å²) in [6, 6.07) is 8.13. The number of hydrogen-bond donors (Lipinski definition) is 2. The fourth-order valence-corrected chi connectivity index (χ4v) is 2.24. The highest BCUT2D eigenvalue weighted by molar-refractivity contribution is 5.31. The summed E-state index contributed by atoms with van der Waals surface area (Å²) in [7, 11) is 3.66. The summed E-state index contributed by atoms with van der Waals surface area (Å²) < 4.78 is 5.28. The van der Waals surface area contributed by atoms with Gasteiger partial charge in [0.15, 0.2) is 0 Å². The van der Waals surface area contributed by atoms with Gasteiger partial charge in [-0.05, 0) is 38.1 Å². The second-order valence-electron chi connectivity index (χ2n) is 4.99. The normalized spacial score (nSPS) is 16.2. The van der Waals surface area contributed by atoms with Crippen LogP contribution in [0.25, 0.3) is 0 Å². The highest BCUT2D eigenvalue weighted by atomic mass is 16.5. The molecule has 4 nitrogen and oxygen atoms in total. The Hall–Kier alpha value is -1.10. The number of aliphatic hydroxyl groups is 1. The molecule has 0 aromatic heterocycles. The first-order valence-corrected chi connectivity index (χ1v) is 6.77. The first-order valence-electron chi connectivity index (χ1n) is 6.77. The second-order valence-corrected chi connectivity index (χ2v) is 4.99. The topological polar surface area (TPSA) is 58.7 Å². The van der Waals surface area contributed by atoms with Crippen molar-refractivity contribution in [2.24, 2.45) is 5.73 Å². The summed E-state index contributed by atoms with van der Waals surface area (Å²) in [5.41, 5.74) is 7.39. The molecule has 0 spiro atoms. The van der Waals surface area contributed by atoms with E-state index < -0.39 is 0 Å². The molecule has 3 atom stereocenters. The quantitative estimate of drug-likeness (QED) is 0.790. The predicted octanol–water partition coefficient (Wildman–Crippen LogP) is 1.79. The van der Waals surface area contributed by atoms with Crippen LogP contribution >= 0.6 is 0 Å². The smallest absolute Gasteiger partial charge is 0.119 e. The average Bonchev–Trinajstić information content (AvgIpc) is 2.46. The van der Waals surface area contributed by atoms with E-state index in [1.54, 1.807) is 7.11 Å². The summed E-state index contributed by atoms with van der Waals surface area (Å²) in [6.07, 6.45) is 0.879. The summed E-state index contributed by atoms with van der Waals surface area (Å²) >= 11 is 0. The van der Waals surface area contributed by atoms with Gasteiger partial charge in [-0.25, -0.2) is 0 Å². The van der Waals surface area contributed by atoms with E-state index in [1.807, 2.05) is 32.2 Å². The molecule has 0 aliphatic carbocycles. The monoisotopic (exact) mass is 266 g/mol. The largest absolute Gasteiger partial charge is 0.497 e. The molecule has 4 heteroatoms. The number of nitrogens with zero attached hydrogens (tertiary/aromatic N) is 1. The molecular formula is C15H26N2O2. The Labute approximate surface area is 116 Å². The summed E-state index contributed by atoms with van der Waals surface area (Å²) in [6.45, 7) is 4.19. The Morgan fingerprint density at radius 2 is 2.11 bits per heavy atom. The van der Waals surface area contributed by atoms with Crippen LogP contribution in [0.2, 0.25) is 0 Å². The highest BCUT2D eigenvalue weighted by Crippen LogP contribution is 2.28. The first-order chi connectivity index (χ1) is 9.04. The Bertz CT molecular complexity index is 384. The molecule has 0 heterocycles. The van der Waals surface area contributed by atoms with Crippen molar-refractivity contribution in [3.63, 3.8) is 0 Å². The van der Waals surface area contributed by atoms with Gasteiger partial charge in [0.1, 0.15) is 5.75 Å². The molecule has 0 aliphatic rings. The number of ether oxygens (including phenoxy) is 1. The van der Waals surface area contributed by atoms with Crippen LogP contribution in [-0.2, 0) is 0 Å². The zero-order valence-corrected chi connectivity index (χ0v) is 12.3. The van der Waals surface area contributed by atoms with Gasteiger partial charge in [0.25, 0.3) is 0 Å². The molecule has 0 fully saturated rings. The Kier molecular flexibility index (Phi) is 6.28. The molecule has 0 amide bonds. The van der Waals surface area contributed by atoms with Crippen molar-refractivity contribution in [1.82, 2.24) is 4.90 Å². The van der Waals surface area contributed by atoms with Crippen LogP contribution in [0.1, 0.15) is 31.9 Å². The molecule has 3 N–H and O–H groups in total. The SMILES string of the molecule is CCC(N)C(c1cccc(OC)c1)N(C)C(C)CO. The summed E-state index contributed by atoms with van der Waals surface area (Å²) in [5.74, 6) is 0.829. The van der Waals surface area contributed by atoms with Crippen molar-refractivity contribution in [2.45, 2.75) is 38.4 Å². The van der Waals surface area contributed by atoms with Crippen LogP contribution in [-0.4, -0.2) is 42.9 Å². The molecule has 0 aliphatic heterocycles. The van der Waals surface area contributed by atoms with Crippen molar-refractivity contribution < 1.29 is 9.84 Å². The lowest BCUT2D eigenvalue weighted by atomic mass is 9.95. The molecule has 108 valence electrons. The van der Waals surface area contributed by atoms with Crippen molar-refractivity contribution in [2.75, 3.05) is 20.8 Å². The number of hydrogen-bond acceptors (Lipinski definition) is 4. The lowest BCUT2D eigenvalue weighted by Crippen LogP contribution is -2.44. The van der Waals surface area contributed by atoms with Gasteiger partial charge in [-0.1, -0.05) is 19.1 Å². The molecular weight excluding hydrogens is 240 g/mol. The minimum Gasteiger partial charge on any atom is -0.497 e. The maximum absolute atomic E-state index is 9.35. The van der Waals surface area contributed by atoms with Crippen LogP contribution in [0, 0.1) is 0 Å². The van der Waals surface area contributed by atoms with E-state index in [4.69, 9.17) is 10.5 Å². The van der Waals surface area contributed by atoms with Crippen LogP contribution in [0.15, 0.2) is 24.3 Å². The van der Waals surface area contributed by atoms with Crippen molar-refractivity contribution >= 4 is 0 Å². The first kappa shape index (κ1) is 16.0. The van der Waals surface area contributed by atoms with Gasteiger partial charge in [0, 0.05) is 12.1 Å². The summed E-state index contributed by atoms with van der Waals surface area (Å²) in [4.78, 5) is 2.13. The molecule has 19 heavy (non-hydrogen) atoms. The van der Waals surface area contributed by atoms with Gasteiger partial charge in [-0.15, -0.1) is 0 Å². The Morgan fingerprint density at radius 1 is 1.42 bits per heavy atom. The summed E-state index contributed by atoms with van der Waals surface area (Å²) in [5, 5.41) is 9.35. The minimum atomic E-state index is 0.0195. The van der Waals surface area contributed by atoms with E-state index in [1.165, 1.54) is 0 Å². The van der Waals surface area contributed by atoms with Gasteiger partial charge in [-0.2, -0.15) is 0 Å².